The van der Waals surface area contributed by atoms with Gasteiger partial charge in [-0.2, -0.15) is 18.1 Å². The molecule has 0 saturated carbocycles. The normalized spacial score (nSPS) is 11.2. The monoisotopic (exact) mass is 220 g/mol. The van der Waals surface area contributed by atoms with E-state index in [-0.39, 0.29) is 5.56 Å². The minimum Gasteiger partial charge on any atom is -0.293 e. The maximum absolute atomic E-state index is 12.1. The van der Waals surface area contributed by atoms with Crippen molar-refractivity contribution in [3.05, 3.63) is 35.4 Å². The molecule has 6 heteroatoms. The van der Waals surface area contributed by atoms with Crippen LogP contribution in [-0.4, -0.2) is 13.1 Å². The largest absolute Gasteiger partial charge is 0.416 e. The second-order valence-corrected chi connectivity index (χ2v) is 2.61. The van der Waals surface area contributed by atoms with E-state index in [1.54, 1.807) is 0 Å². The van der Waals surface area contributed by atoms with Gasteiger partial charge in [-0.3, -0.25) is 4.89 Å². The lowest BCUT2D eigenvalue weighted by Crippen LogP contribution is -2.07. The van der Waals surface area contributed by atoms with Crippen molar-refractivity contribution in [3.63, 3.8) is 0 Å². The molecule has 0 radical (unpaired) electrons. The molecule has 1 aromatic carbocycles. The maximum Gasteiger partial charge on any atom is 0.416 e. The van der Waals surface area contributed by atoms with Gasteiger partial charge in [0.25, 0.3) is 0 Å². The highest BCUT2D eigenvalue weighted by Gasteiger charge is 2.30. The zero-order valence-corrected chi connectivity index (χ0v) is 7.67. The van der Waals surface area contributed by atoms with Gasteiger partial charge in [-0.25, -0.2) is 4.79 Å². The summed E-state index contributed by atoms with van der Waals surface area (Å²) in [6, 6.07) is 3.63. The van der Waals surface area contributed by atoms with E-state index in [0.29, 0.717) is 0 Å². The van der Waals surface area contributed by atoms with Gasteiger partial charge in [-0.15, -0.1) is 0 Å². The number of hydrogen-bond acceptors (Lipinski definition) is 3. The van der Waals surface area contributed by atoms with Gasteiger partial charge in [0.2, 0.25) is 0 Å². The molecule has 0 aliphatic rings. The highest BCUT2D eigenvalue weighted by atomic mass is 19.4. The first-order valence-electron chi connectivity index (χ1n) is 3.87. The number of carbonyl (C=O) groups is 1. The van der Waals surface area contributed by atoms with Crippen LogP contribution in [0.1, 0.15) is 15.9 Å². The molecule has 0 aromatic heterocycles. The summed E-state index contributed by atoms with van der Waals surface area (Å²) >= 11 is 0. The van der Waals surface area contributed by atoms with Gasteiger partial charge in [0.05, 0.1) is 18.2 Å². The molecular weight excluding hydrogens is 213 g/mol. The number of benzene rings is 1. The average Bonchev–Trinajstić information content (AvgIpc) is 2.17. The SMILES string of the molecule is COOC(=O)c1ccc(C(F)(F)F)cc1. The Morgan fingerprint density at radius 3 is 2.13 bits per heavy atom. The minimum atomic E-state index is -4.41. The van der Waals surface area contributed by atoms with E-state index in [4.69, 9.17) is 0 Å². The molecule has 3 nitrogen and oxygen atoms in total. The number of hydrogen-bond donors (Lipinski definition) is 0. The predicted octanol–water partition coefficient (Wildman–Crippen LogP) is 2.42. The summed E-state index contributed by atoms with van der Waals surface area (Å²) in [5, 5.41) is 0. The second kappa shape index (κ2) is 4.31. The molecule has 15 heavy (non-hydrogen) atoms. The summed E-state index contributed by atoms with van der Waals surface area (Å²) < 4.78 is 36.4. The fraction of sp³-hybridized carbons (Fsp3) is 0.222. The summed E-state index contributed by atoms with van der Waals surface area (Å²) in [7, 11) is 1.13. The Bertz CT molecular complexity index is 343. The van der Waals surface area contributed by atoms with Gasteiger partial charge in [-0.1, -0.05) is 0 Å². The smallest absolute Gasteiger partial charge is 0.293 e. The molecule has 0 bridgehead atoms. The molecule has 0 amide bonds. The van der Waals surface area contributed by atoms with Crippen molar-refractivity contribution >= 4 is 5.97 Å². The van der Waals surface area contributed by atoms with E-state index in [2.05, 4.69) is 9.78 Å². The first-order chi connectivity index (χ1) is 6.95. The molecule has 0 atom stereocenters. The van der Waals surface area contributed by atoms with Crippen LogP contribution in [0, 0.1) is 0 Å². The van der Waals surface area contributed by atoms with E-state index in [0.717, 1.165) is 31.4 Å². The summed E-state index contributed by atoms with van der Waals surface area (Å²) in [4.78, 5) is 19.2. The molecule has 1 aromatic rings. The van der Waals surface area contributed by atoms with Crippen LogP contribution in [0.15, 0.2) is 24.3 Å². The average molecular weight is 220 g/mol. The Morgan fingerprint density at radius 2 is 1.73 bits per heavy atom. The molecule has 0 heterocycles. The van der Waals surface area contributed by atoms with Crippen molar-refractivity contribution < 1.29 is 27.7 Å². The Balaban J connectivity index is 2.86. The molecule has 0 unspecified atom stereocenters. The number of halogens is 3. The van der Waals surface area contributed by atoms with E-state index in [9.17, 15) is 18.0 Å². The molecule has 82 valence electrons. The van der Waals surface area contributed by atoms with Crippen molar-refractivity contribution in [2.45, 2.75) is 6.18 Å². The number of alkyl halides is 3. The van der Waals surface area contributed by atoms with Gasteiger partial charge >= 0.3 is 12.1 Å². The molecule has 0 aliphatic carbocycles. The van der Waals surface area contributed by atoms with Crippen LogP contribution < -0.4 is 0 Å². The predicted molar refractivity (Wildman–Crippen MR) is 43.9 cm³/mol. The summed E-state index contributed by atoms with van der Waals surface area (Å²) in [6.45, 7) is 0. The van der Waals surface area contributed by atoms with Crippen LogP contribution in [0.25, 0.3) is 0 Å². The number of rotatable bonds is 2. The minimum absolute atomic E-state index is 0.00940. The van der Waals surface area contributed by atoms with Crippen molar-refractivity contribution in [1.82, 2.24) is 0 Å². The van der Waals surface area contributed by atoms with Gasteiger partial charge in [0.1, 0.15) is 0 Å². The maximum atomic E-state index is 12.1. The van der Waals surface area contributed by atoms with E-state index < -0.39 is 17.7 Å². The standard InChI is InChI=1S/C9H7F3O3/c1-14-15-8(13)6-2-4-7(5-3-6)9(10,11)12/h2-5H,1H3. The highest BCUT2D eigenvalue weighted by Crippen LogP contribution is 2.29. The van der Waals surface area contributed by atoms with Crippen LogP contribution in [-0.2, 0) is 16.0 Å². The summed E-state index contributed by atoms with van der Waals surface area (Å²) in [5.74, 6) is -0.841. The Kier molecular flexibility index (Phi) is 3.31. The van der Waals surface area contributed by atoms with Crippen molar-refractivity contribution in [2.75, 3.05) is 7.11 Å². The lowest BCUT2D eigenvalue weighted by molar-refractivity contribution is -0.216. The van der Waals surface area contributed by atoms with E-state index >= 15 is 0 Å². The van der Waals surface area contributed by atoms with Crippen LogP contribution in [0.5, 0.6) is 0 Å². The van der Waals surface area contributed by atoms with Crippen molar-refractivity contribution in [1.29, 1.82) is 0 Å². The highest BCUT2D eigenvalue weighted by molar-refractivity contribution is 5.88. The van der Waals surface area contributed by atoms with Gasteiger partial charge in [0, 0.05) is 0 Å². The quantitative estimate of drug-likeness (QED) is 0.567. The third kappa shape index (κ3) is 2.95. The zero-order chi connectivity index (χ0) is 11.5. The first kappa shape index (κ1) is 11.5. The Labute approximate surface area is 83.3 Å². The van der Waals surface area contributed by atoms with Crippen LogP contribution in [0.4, 0.5) is 13.2 Å². The van der Waals surface area contributed by atoms with Gasteiger partial charge in [-0.05, 0) is 24.3 Å². The van der Waals surface area contributed by atoms with E-state index in [1.807, 2.05) is 0 Å². The summed E-state index contributed by atoms with van der Waals surface area (Å²) in [6.07, 6.45) is -4.41. The fourth-order valence-electron chi connectivity index (χ4n) is 0.919. The number of carbonyl (C=O) groups excluding carboxylic acids is 1. The molecule has 1 rings (SSSR count). The molecule has 0 saturated heterocycles. The van der Waals surface area contributed by atoms with E-state index in [1.165, 1.54) is 0 Å². The third-order valence-corrected chi connectivity index (χ3v) is 1.61. The van der Waals surface area contributed by atoms with Crippen molar-refractivity contribution in [3.8, 4) is 0 Å². The first-order valence-corrected chi connectivity index (χ1v) is 3.87. The van der Waals surface area contributed by atoms with Crippen LogP contribution in [0.2, 0.25) is 0 Å². The zero-order valence-electron chi connectivity index (χ0n) is 7.67. The van der Waals surface area contributed by atoms with Gasteiger partial charge in [0.15, 0.2) is 0 Å². The molecule has 0 aliphatic heterocycles. The summed E-state index contributed by atoms with van der Waals surface area (Å²) in [5.41, 5.74) is -0.832. The second-order valence-electron chi connectivity index (χ2n) is 2.61. The Morgan fingerprint density at radius 1 is 1.20 bits per heavy atom. The molecule has 0 fully saturated rings. The van der Waals surface area contributed by atoms with Gasteiger partial charge < -0.3 is 0 Å². The lowest BCUT2D eigenvalue weighted by Gasteiger charge is -2.06. The molecule has 0 spiro atoms. The van der Waals surface area contributed by atoms with Crippen molar-refractivity contribution in [2.24, 2.45) is 0 Å². The Hall–Kier alpha value is -1.56. The van der Waals surface area contributed by atoms with Crippen LogP contribution in [0.3, 0.4) is 0 Å². The fourth-order valence-corrected chi connectivity index (χ4v) is 0.919. The molecule has 0 N–H and O–H groups in total. The lowest BCUT2D eigenvalue weighted by atomic mass is 10.1. The third-order valence-electron chi connectivity index (χ3n) is 1.61. The topological polar surface area (TPSA) is 35.5 Å². The molecular formula is C9H7F3O3. The van der Waals surface area contributed by atoms with Crippen LogP contribution >= 0.6 is 0 Å².